The van der Waals surface area contributed by atoms with Crippen LogP contribution in [-0.4, -0.2) is 41.7 Å². The summed E-state index contributed by atoms with van der Waals surface area (Å²) in [6, 6.07) is 14.1. The van der Waals surface area contributed by atoms with Crippen LogP contribution in [0.1, 0.15) is 58.9 Å². The molecule has 0 radical (unpaired) electrons. The first-order valence-corrected chi connectivity index (χ1v) is 9.87. The number of fused-ring (bicyclic) bond motifs is 1. The second kappa shape index (κ2) is 9.35. The van der Waals surface area contributed by atoms with E-state index in [1.54, 1.807) is 36.4 Å². The molecule has 3 rings (SSSR count). The molecule has 1 aliphatic rings. The second-order valence-electron chi connectivity index (χ2n) is 7.40. The molecule has 0 aliphatic carbocycles. The van der Waals surface area contributed by atoms with Crippen molar-refractivity contribution in [2.75, 3.05) is 18.5 Å². The molecule has 1 N–H and O–H groups in total. The van der Waals surface area contributed by atoms with Crippen LogP contribution in [0.5, 0.6) is 0 Å². The van der Waals surface area contributed by atoms with Crippen molar-refractivity contribution in [2.45, 2.75) is 32.6 Å². The number of carbonyl (C=O) groups is 4. The monoisotopic (exact) mass is 408 g/mol. The molecular formula is C23H24N2O5. The third-order valence-electron chi connectivity index (χ3n) is 4.87. The first-order chi connectivity index (χ1) is 14.4. The summed E-state index contributed by atoms with van der Waals surface area (Å²) in [6.07, 6.45) is 0.270. The number of ether oxygens (including phenoxy) is 1. The minimum Gasteiger partial charge on any atom is -0.456 e. The van der Waals surface area contributed by atoms with Gasteiger partial charge in [0.15, 0.2) is 6.61 Å². The molecule has 3 amide bonds. The smallest absolute Gasteiger partial charge is 0.306 e. The predicted octanol–water partition coefficient (Wildman–Crippen LogP) is 3.37. The van der Waals surface area contributed by atoms with Crippen molar-refractivity contribution in [2.24, 2.45) is 0 Å². The lowest BCUT2D eigenvalue weighted by molar-refractivity contribution is -0.147. The fourth-order valence-electron chi connectivity index (χ4n) is 3.19. The van der Waals surface area contributed by atoms with Gasteiger partial charge in [-0.25, -0.2) is 0 Å². The molecule has 0 unspecified atom stereocenters. The fourth-order valence-corrected chi connectivity index (χ4v) is 3.19. The topological polar surface area (TPSA) is 92.8 Å². The Morgan fingerprint density at radius 1 is 0.967 bits per heavy atom. The van der Waals surface area contributed by atoms with Gasteiger partial charge in [-0.05, 0) is 42.2 Å². The molecule has 0 bridgehead atoms. The number of hydrogen-bond acceptors (Lipinski definition) is 5. The third kappa shape index (κ3) is 4.92. The van der Waals surface area contributed by atoms with Gasteiger partial charge >= 0.3 is 5.97 Å². The van der Waals surface area contributed by atoms with Gasteiger partial charge in [0.25, 0.3) is 17.7 Å². The standard InChI is InChI=1S/C23H24N2O5/c1-15(2)16-9-11-17(12-10-16)24-20(26)14-30-21(27)8-5-13-25-22(28)18-6-3-4-7-19(18)23(25)29/h3-4,6-7,9-12,15H,5,8,13-14H2,1-2H3,(H,24,26). The number of anilines is 1. The molecule has 1 heterocycles. The molecule has 7 heteroatoms. The summed E-state index contributed by atoms with van der Waals surface area (Å²) in [6.45, 7) is 3.90. The SMILES string of the molecule is CC(C)c1ccc(NC(=O)COC(=O)CCCN2C(=O)c3ccccc3C2=O)cc1. The van der Waals surface area contributed by atoms with Crippen LogP contribution >= 0.6 is 0 Å². The molecule has 30 heavy (non-hydrogen) atoms. The van der Waals surface area contributed by atoms with E-state index in [1.165, 1.54) is 0 Å². The first kappa shape index (κ1) is 21.2. The van der Waals surface area contributed by atoms with Gasteiger partial charge in [0.1, 0.15) is 0 Å². The summed E-state index contributed by atoms with van der Waals surface area (Å²) < 4.78 is 4.98. The molecule has 0 saturated heterocycles. The highest BCUT2D eigenvalue weighted by Crippen LogP contribution is 2.22. The quantitative estimate of drug-likeness (QED) is 0.534. The average molecular weight is 408 g/mol. The third-order valence-corrected chi connectivity index (χ3v) is 4.87. The van der Waals surface area contributed by atoms with Gasteiger partial charge in [-0.2, -0.15) is 0 Å². The van der Waals surface area contributed by atoms with Crippen molar-refractivity contribution in [1.29, 1.82) is 0 Å². The van der Waals surface area contributed by atoms with Crippen molar-refractivity contribution >= 4 is 29.4 Å². The van der Waals surface area contributed by atoms with Crippen LogP contribution in [0.3, 0.4) is 0 Å². The molecule has 0 saturated carbocycles. The van der Waals surface area contributed by atoms with Gasteiger partial charge in [-0.1, -0.05) is 38.1 Å². The normalized spacial score (nSPS) is 12.8. The number of nitrogens with one attached hydrogen (secondary N) is 1. The van der Waals surface area contributed by atoms with Gasteiger partial charge in [0.2, 0.25) is 0 Å². The Labute approximate surface area is 175 Å². The molecule has 1 aliphatic heterocycles. The second-order valence-corrected chi connectivity index (χ2v) is 7.40. The summed E-state index contributed by atoms with van der Waals surface area (Å²) in [7, 11) is 0. The minimum atomic E-state index is -0.558. The Morgan fingerprint density at radius 3 is 2.13 bits per heavy atom. The van der Waals surface area contributed by atoms with E-state index in [2.05, 4.69) is 19.2 Å². The van der Waals surface area contributed by atoms with E-state index in [9.17, 15) is 19.2 Å². The molecule has 0 aromatic heterocycles. The summed E-state index contributed by atoms with van der Waals surface area (Å²) in [5.41, 5.74) is 2.55. The van der Waals surface area contributed by atoms with E-state index < -0.39 is 18.5 Å². The molecule has 156 valence electrons. The highest BCUT2D eigenvalue weighted by molar-refractivity contribution is 6.21. The zero-order valence-corrected chi connectivity index (χ0v) is 17.0. The zero-order chi connectivity index (χ0) is 21.7. The van der Waals surface area contributed by atoms with Crippen molar-refractivity contribution < 1.29 is 23.9 Å². The number of esters is 1. The maximum atomic E-state index is 12.3. The Morgan fingerprint density at radius 2 is 1.57 bits per heavy atom. The van der Waals surface area contributed by atoms with Gasteiger partial charge in [-0.3, -0.25) is 24.1 Å². The fraction of sp³-hybridized carbons (Fsp3) is 0.304. The van der Waals surface area contributed by atoms with E-state index in [4.69, 9.17) is 4.74 Å². The summed E-state index contributed by atoms with van der Waals surface area (Å²) in [5.74, 6) is -1.30. The lowest BCUT2D eigenvalue weighted by Crippen LogP contribution is -2.31. The number of nitrogens with zero attached hydrogens (tertiary/aromatic N) is 1. The lowest BCUT2D eigenvalue weighted by Gasteiger charge is -2.13. The van der Waals surface area contributed by atoms with E-state index in [0.29, 0.717) is 22.7 Å². The molecule has 7 nitrogen and oxygen atoms in total. The van der Waals surface area contributed by atoms with Crippen LogP contribution < -0.4 is 5.32 Å². The van der Waals surface area contributed by atoms with Crippen LogP contribution in [0.4, 0.5) is 5.69 Å². The van der Waals surface area contributed by atoms with Crippen molar-refractivity contribution in [3.05, 3.63) is 65.2 Å². The molecule has 0 fully saturated rings. The van der Waals surface area contributed by atoms with Crippen molar-refractivity contribution in [3.63, 3.8) is 0 Å². The molecule has 2 aromatic rings. The summed E-state index contributed by atoms with van der Waals surface area (Å²) in [4.78, 5) is 49.5. The number of amides is 3. The Bertz CT molecular complexity index is 931. The number of benzene rings is 2. The Hall–Kier alpha value is -3.48. The van der Waals surface area contributed by atoms with E-state index in [0.717, 1.165) is 10.5 Å². The first-order valence-electron chi connectivity index (χ1n) is 9.87. The van der Waals surface area contributed by atoms with Crippen LogP contribution in [0.25, 0.3) is 0 Å². The van der Waals surface area contributed by atoms with Crippen molar-refractivity contribution in [3.8, 4) is 0 Å². The molecular weight excluding hydrogens is 384 g/mol. The lowest BCUT2D eigenvalue weighted by atomic mass is 10.0. The van der Waals surface area contributed by atoms with Gasteiger partial charge in [0, 0.05) is 18.7 Å². The van der Waals surface area contributed by atoms with Crippen molar-refractivity contribution in [1.82, 2.24) is 4.90 Å². The zero-order valence-electron chi connectivity index (χ0n) is 17.0. The Kier molecular flexibility index (Phi) is 6.61. The number of imide groups is 1. The van der Waals surface area contributed by atoms with E-state index in [-0.39, 0.29) is 31.2 Å². The Balaban J connectivity index is 1.38. The maximum absolute atomic E-state index is 12.3. The summed E-state index contributed by atoms with van der Waals surface area (Å²) >= 11 is 0. The number of carbonyl (C=O) groups excluding carboxylic acids is 4. The molecule has 0 spiro atoms. The summed E-state index contributed by atoms with van der Waals surface area (Å²) in [5, 5.41) is 2.67. The van der Waals surface area contributed by atoms with Crippen LogP contribution in [0.2, 0.25) is 0 Å². The number of rotatable bonds is 8. The van der Waals surface area contributed by atoms with E-state index >= 15 is 0 Å². The number of hydrogen-bond donors (Lipinski definition) is 1. The van der Waals surface area contributed by atoms with Crippen LogP contribution in [0, 0.1) is 0 Å². The average Bonchev–Trinajstić information content (AvgIpc) is 2.98. The van der Waals surface area contributed by atoms with E-state index in [1.807, 2.05) is 12.1 Å². The highest BCUT2D eigenvalue weighted by atomic mass is 16.5. The van der Waals surface area contributed by atoms with Crippen LogP contribution in [-0.2, 0) is 14.3 Å². The van der Waals surface area contributed by atoms with Gasteiger partial charge < -0.3 is 10.1 Å². The largest absolute Gasteiger partial charge is 0.456 e. The van der Waals surface area contributed by atoms with Gasteiger partial charge in [-0.15, -0.1) is 0 Å². The maximum Gasteiger partial charge on any atom is 0.306 e. The highest BCUT2D eigenvalue weighted by Gasteiger charge is 2.34. The van der Waals surface area contributed by atoms with Gasteiger partial charge in [0.05, 0.1) is 11.1 Å². The molecule has 0 atom stereocenters. The minimum absolute atomic E-state index is 0.00374. The molecule has 2 aromatic carbocycles. The van der Waals surface area contributed by atoms with Crippen LogP contribution in [0.15, 0.2) is 48.5 Å². The predicted molar refractivity (Wildman–Crippen MR) is 111 cm³/mol.